The van der Waals surface area contributed by atoms with E-state index in [9.17, 15) is 9.90 Å². The molecule has 0 spiro atoms. The highest BCUT2D eigenvalue weighted by atomic mass is 16.5. The van der Waals surface area contributed by atoms with Crippen LogP contribution in [0.3, 0.4) is 0 Å². The van der Waals surface area contributed by atoms with Gasteiger partial charge in [-0.15, -0.1) is 0 Å². The van der Waals surface area contributed by atoms with E-state index in [-0.39, 0.29) is 5.91 Å². The minimum absolute atomic E-state index is 0.300. The molecule has 0 bridgehead atoms. The first kappa shape index (κ1) is 21.1. The number of methoxy groups -OCH3 is 1. The Balaban J connectivity index is 1.45. The lowest BCUT2D eigenvalue weighted by Gasteiger charge is -2.36. The number of aliphatic hydroxyl groups is 1. The summed E-state index contributed by atoms with van der Waals surface area (Å²) in [7, 11) is 1.65. The number of aromatic amines is 1. The molecule has 1 aromatic heterocycles. The van der Waals surface area contributed by atoms with Crippen molar-refractivity contribution in [2.45, 2.75) is 38.8 Å². The normalized spacial score (nSPS) is 16.8. The highest BCUT2D eigenvalue weighted by molar-refractivity contribution is 5.85. The molecule has 7 nitrogen and oxygen atoms in total. The second kappa shape index (κ2) is 9.24. The SMILES string of the molecule is COc1ccc(/C=C/CN2CCC(O)(C(=O)NCc3c(C)n[nH]c3C)CC2)cc1. The fourth-order valence-electron chi connectivity index (χ4n) is 3.55. The maximum atomic E-state index is 12.6. The van der Waals surface area contributed by atoms with Crippen LogP contribution in [0.5, 0.6) is 5.75 Å². The summed E-state index contributed by atoms with van der Waals surface area (Å²) in [6.07, 6.45) is 5.04. The molecule has 0 atom stereocenters. The van der Waals surface area contributed by atoms with Crippen LogP contribution in [-0.4, -0.2) is 58.5 Å². The van der Waals surface area contributed by atoms with Crippen LogP contribution in [0.25, 0.3) is 6.08 Å². The summed E-state index contributed by atoms with van der Waals surface area (Å²) in [5.74, 6) is 0.541. The standard InChI is InChI=1S/C22H30N4O3/c1-16-20(17(2)25-24-16)15-23-21(27)22(28)10-13-26(14-11-22)12-4-5-18-6-8-19(29-3)9-7-18/h4-9,28H,10-15H2,1-3H3,(H,23,27)(H,24,25)/b5-4+. The minimum Gasteiger partial charge on any atom is -0.497 e. The van der Waals surface area contributed by atoms with Gasteiger partial charge in [-0.2, -0.15) is 5.10 Å². The molecule has 3 N–H and O–H groups in total. The Hall–Kier alpha value is -2.64. The average molecular weight is 399 g/mol. The molecule has 1 amide bonds. The number of carbonyl (C=O) groups excluding carboxylic acids is 1. The number of hydrogen-bond donors (Lipinski definition) is 3. The number of nitrogens with zero attached hydrogens (tertiary/aromatic N) is 2. The predicted molar refractivity (Wildman–Crippen MR) is 113 cm³/mol. The van der Waals surface area contributed by atoms with Crippen LogP contribution in [0, 0.1) is 13.8 Å². The van der Waals surface area contributed by atoms with E-state index in [1.807, 2.05) is 38.1 Å². The molecule has 1 aliphatic rings. The van der Waals surface area contributed by atoms with Crippen molar-refractivity contribution in [2.75, 3.05) is 26.7 Å². The van der Waals surface area contributed by atoms with Crippen molar-refractivity contribution in [3.8, 4) is 5.75 Å². The van der Waals surface area contributed by atoms with Crippen LogP contribution in [0.4, 0.5) is 0 Å². The Labute approximate surface area is 171 Å². The van der Waals surface area contributed by atoms with E-state index in [0.717, 1.165) is 34.8 Å². The molecule has 2 heterocycles. The lowest BCUT2D eigenvalue weighted by molar-refractivity contribution is -0.144. The van der Waals surface area contributed by atoms with Crippen LogP contribution >= 0.6 is 0 Å². The summed E-state index contributed by atoms with van der Waals surface area (Å²) in [6, 6.07) is 7.90. The number of likely N-dealkylation sites (tertiary alicyclic amines) is 1. The Morgan fingerprint density at radius 3 is 2.59 bits per heavy atom. The number of hydrogen-bond acceptors (Lipinski definition) is 5. The van der Waals surface area contributed by atoms with Gasteiger partial charge in [-0.1, -0.05) is 24.3 Å². The molecule has 1 aliphatic heterocycles. The number of nitrogens with one attached hydrogen (secondary N) is 2. The number of benzene rings is 1. The van der Waals surface area contributed by atoms with Gasteiger partial charge >= 0.3 is 0 Å². The second-order valence-electron chi connectivity index (χ2n) is 7.60. The number of amides is 1. The van der Waals surface area contributed by atoms with Gasteiger partial charge in [0.1, 0.15) is 11.4 Å². The highest BCUT2D eigenvalue weighted by Crippen LogP contribution is 2.23. The van der Waals surface area contributed by atoms with Gasteiger partial charge in [0.2, 0.25) is 0 Å². The van der Waals surface area contributed by atoms with Crippen LogP contribution < -0.4 is 10.1 Å². The van der Waals surface area contributed by atoms with E-state index in [1.165, 1.54) is 0 Å². The van der Waals surface area contributed by atoms with E-state index in [0.29, 0.717) is 32.5 Å². The molecule has 0 saturated carbocycles. The van der Waals surface area contributed by atoms with Crippen molar-refractivity contribution in [2.24, 2.45) is 0 Å². The van der Waals surface area contributed by atoms with Crippen molar-refractivity contribution < 1.29 is 14.6 Å². The zero-order chi connectivity index (χ0) is 20.9. The lowest BCUT2D eigenvalue weighted by Crippen LogP contribution is -2.53. The third kappa shape index (κ3) is 5.25. The number of H-pyrrole nitrogens is 1. The first-order valence-corrected chi connectivity index (χ1v) is 9.95. The van der Waals surface area contributed by atoms with Crippen LogP contribution in [0.1, 0.15) is 35.4 Å². The topological polar surface area (TPSA) is 90.5 Å². The number of aryl methyl sites for hydroxylation is 2. The van der Waals surface area contributed by atoms with Gasteiger partial charge in [-0.3, -0.25) is 14.8 Å². The van der Waals surface area contributed by atoms with Gasteiger partial charge in [0.05, 0.1) is 12.8 Å². The van der Waals surface area contributed by atoms with E-state index < -0.39 is 5.60 Å². The van der Waals surface area contributed by atoms with Crippen LogP contribution in [0.15, 0.2) is 30.3 Å². The largest absolute Gasteiger partial charge is 0.497 e. The van der Waals surface area contributed by atoms with Crippen molar-refractivity contribution in [3.05, 3.63) is 52.9 Å². The van der Waals surface area contributed by atoms with Crippen molar-refractivity contribution >= 4 is 12.0 Å². The molecule has 156 valence electrons. The summed E-state index contributed by atoms with van der Waals surface area (Å²) in [4.78, 5) is 14.8. The third-order valence-electron chi connectivity index (χ3n) is 5.60. The minimum atomic E-state index is -1.30. The summed E-state index contributed by atoms with van der Waals surface area (Å²) in [5, 5.41) is 20.7. The molecule has 1 fully saturated rings. The molecule has 0 unspecified atom stereocenters. The zero-order valence-electron chi connectivity index (χ0n) is 17.4. The van der Waals surface area contributed by atoms with Gasteiger partial charge in [0.25, 0.3) is 5.91 Å². The third-order valence-corrected chi connectivity index (χ3v) is 5.60. The van der Waals surface area contributed by atoms with E-state index in [2.05, 4.69) is 32.6 Å². The first-order chi connectivity index (χ1) is 13.9. The molecule has 1 saturated heterocycles. The van der Waals surface area contributed by atoms with Crippen LogP contribution in [0.2, 0.25) is 0 Å². The summed E-state index contributed by atoms with van der Waals surface area (Å²) in [5.41, 5.74) is 2.59. The maximum Gasteiger partial charge on any atom is 0.252 e. The van der Waals surface area contributed by atoms with Crippen LogP contribution in [-0.2, 0) is 11.3 Å². The van der Waals surface area contributed by atoms with Gasteiger partial charge in [-0.05, 0) is 44.4 Å². The number of piperidine rings is 1. The zero-order valence-corrected chi connectivity index (χ0v) is 17.4. The Kier molecular flexibility index (Phi) is 6.71. The highest BCUT2D eigenvalue weighted by Gasteiger charge is 2.38. The molecule has 2 aromatic rings. The summed E-state index contributed by atoms with van der Waals surface area (Å²) >= 11 is 0. The summed E-state index contributed by atoms with van der Waals surface area (Å²) < 4.78 is 5.16. The number of rotatable bonds is 7. The fourth-order valence-corrected chi connectivity index (χ4v) is 3.55. The predicted octanol–water partition coefficient (Wildman–Crippen LogP) is 2.19. The number of ether oxygens (including phenoxy) is 1. The van der Waals surface area contributed by atoms with E-state index in [1.54, 1.807) is 7.11 Å². The lowest BCUT2D eigenvalue weighted by atomic mass is 9.90. The van der Waals surface area contributed by atoms with E-state index in [4.69, 9.17) is 4.74 Å². The monoisotopic (exact) mass is 398 g/mol. The Bertz CT molecular complexity index is 830. The first-order valence-electron chi connectivity index (χ1n) is 9.95. The average Bonchev–Trinajstić information content (AvgIpc) is 3.05. The van der Waals surface area contributed by atoms with Gasteiger partial charge in [0, 0.05) is 37.4 Å². The number of aromatic nitrogens is 2. The van der Waals surface area contributed by atoms with Gasteiger partial charge in [0.15, 0.2) is 0 Å². The molecular weight excluding hydrogens is 368 g/mol. The molecule has 0 aliphatic carbocycles. The Morgan fingerprint density at radius 2 is 2.00 bits per heavy atom. The summed E-state index contributed by atoms with van der Waals surface area (Å²) in [6.45, 7) is 6.35. The molecule has 3 rings (SSSR count). The van der Waals surface area contributed by atoms with Crippen molar-refractivity contribution in [1.29, 1.82) is 0 Å². The molecule has 0 radical (unpaired) electrons. The van der Waals surface area contributed by atoms with Gasteiger partial charge in [-0.25, -0.2) is 0 Å². The molecule has 29 heavy (non-hydrogen) atoms. The van der Waals surface area contributed by atoms with Gasteiger partial charge < -0.3 is 15.2 Å². The molecular formula is C22H30N4O3. The molecule has 1 aromatic carbocycles. The fraction of sp³-hybridized carbons (Fsp3) is 0.455. The van der Waals surface area contributed by atoms with Crippen molar-refractivity contribution in [1.82, 2.24) is 20.4 Å². The Morgan fingerprint density at radius 1 is 1.31 bits per heavy atom. The second-order valence-corrected chi connectivity index (χ2v) is 7.60. The molecule has 7 heteroatoms. The quantitative estimate of drug-likeness (QED) is 0.665. The number of carbonyl (C=O) groups is 1. The maximum absolute atomic E-state index is 12.6. The smallest absolute Gasteiger partial charge is 0.252 e. The van der Waals surface area contributed by atoms with E-state index >= 15 is 0 Å². The van der Waals surface area contributed by atoms with Crippen molar-refractivity contribution in [3.63, 3.8) is 0 Å².